The Bertz CT molecular complexity index is 1140. The summed E-state index contributed by atoms with van der Waals surface area (Å²) in [4.78, 5) is 21.8. The normalized spacial score (nSPS) is 25.9. The van der Waals surface area contributed by atoms with Crippen molar-refractivity contribution in [1.29, 1.82) is 0 Å². The van der Waals surface area contributed by atoms with Crippen LogP contribution in [0.25, 0.3) is 11.0 Å². The van der Waals surface area contributed by atoms with Gasteiger partial charge in [0.25, 0.3) is 15.8 Å². The Morgan fingerprint density at radius 1 is 1.29 bits per heavy atom. The SMILES string of the molecule is CNS(=O)(=O)N1CCC(Nc2ncc3cc(Cl)c(=O)n([C@@H]4CCC[C@@]4(C)O)c3n2)CC1. The van der Waals surface area contributed by atoms with Crippen LogP contribution >= 0.6 is 11.6 Å². The Hall–Kier alpha value is -1.79. The molecule has 4 rings (SSSR count). The van der Waals surface area contributed by atoms with E-state index in [4.69, 9.17) is 11.6 Å². The summed E-state index contributed by atoms with van der Waals surface area (Å²) in [6.07, 6.45) is 4.88. The van der Waals surface area contributed by atoms with Crippen LogP contribution in [-0.2, 0) is 10.2 Å². The molecular weight excluding hydrogens is 444 g/mol. The Morgan fingerprint density at radius 2 is 2.00 bits per heavy atom. The lowest BCUT2D eigenvalue weighted by Gasteiger charge is -2.31. The van der Waals surface area contributed by atoms with Crippen LogP contribution in [0.3, 0.4) is 0 Å². The highest BCUT2D eigenvalue weighted by atomic mass is 35.5. The fourth-order valence-corrected chi connectivity index (χ4v) is 5.69. The Kier molecular flexibility index (Phi) is 5.99. The number of halogens is 1. The standard InChI is InChI=1S/C19H27ClN6O4S/c1-19(28)7-3-4-15(19)26-16-12(10-14(20)17(26)27)11-22-18(24-16)23-13-5-8-25(9-6-13)31(29,30)21-2/h10-11,13,15,21,28H,3-9H2,1-2H3,(H,22,23,24)/t15-,19-/m1/s1. The first kappa shape index (κ1) is 22.4. The first-order valence-electron chi connectivity index (χ1n) is 10.4. The molecule has 0 amide bonds. The third kappa shape index (κ3) is 4.29. The predicted octanol–water partition coefficient (Wildman–Crippen LogP) is 1.26. The number of anilines is 1. The van der Waals surface area contributed by atoms with E-state index in [-0.39, 0.29) is 16.6 Å². The van der Waals surface area contributed by atoms with Gasteiger partial charge in [-0.15, -0.1) is 0 Å². The minimum Gasteiger partial charge on any atom is -0.388 e. The van der Waals surface area contributed by atoms with Crippen molar-refractivity contribution in [2.45, 2.75) is 56.7 Å². The van der Waals surface area contributed by atoms with E-state index < -0.39 is 21.9 Å². The topological polar surface area (TPSA) is 129 Å². The van der Waals surface area contributed by atoms with E-state index in [1.807, 2.05) is 0 Å². The van der Waals surface area contributed by atoms with E-state index in [2.05, 4.69) is 20.0 Å². The van der Waals surface area contributed by atoms with Gasteiger partial charge in [0.15, 0.2) is 0 Å². The second-order valence-corrected chi connectivity index (χ2v) is 10.7. The van der Waals surface area contributed by atoms with Crippen molar-refractivity contribution in [2.75, 3.05) is 25.5 Å². The largest absolute Gasteiger partial charge is 0.388 e. The molecule has 2 fully saturated rings. The third-order valence-electron chi connectivity index (χ3n) is 6.30. The first-order chi connectivity index (χ1) is 14.6. The average Bonchev–Trinajstić information content (AvgIpc) is 3.08. The number of hydrogen-bond acceptors (Lipinski definition) is 7. The van der Waals surface area contributed by atoms with Gasteiger partial charge in [-0.3, -0.25) is 9.36 Å². The molecule has 170 valence electrons. The zero-order chi connectivity index (χ0) is 22.4. The van der Waals surface area contributed by atoms with E-state index in [1.165, 1.54) is 15.9 Å². The van der Waals surface area contributed by atoms with Gasteiger partial charge in [-0.05, 0) is 45.1 Å². The van der Waals surface area contributed by atoms with Gasteiger partial charge in [0.2, 0.25) is 5.95 Å². The number of aromatic nitrogens is 3. The lowest BCUT2D eigenvalue weighted by atomic mass is 10.00. The van der Waals surface area contributed by atoms with Crippen LogP contribution in [0, 0.1) is 0 Å². The molecule has 2 aromatic rings. The maximum atomic E-state index is 12.9. The lowest BCUT2D eigenvalue weighted by molar-refractivity contribution is 0.0267. The molecule has 0 bridgehead atoms. The van der Waals surface area contributed by atoms with E-state index in [9.17, 15) is 18.3 Å². The van der Waals surface area contributed by atoms with Gasteiger partial charge in [0, 0.05) is 37.8 Å². The summed E-state index contributed by atoms with van der Waals surface area (Å²) in [5, 5.41) is 14.7. The van der Waals surface area contributed by atoms with Crippen molar-refractivity contribution in [3.05, 3.63) is 27.6 Å². The summed E-state index contributed by atoms with van der Waals surface area (Å²) in [6, 6.07) is 1.13. The lowest BCUT2D eigenvalue weighted by Crippen LogP contribution is -2.46. The second kappa shape index (κ2) is 8.28. The fourth-order valence-electron chi connectivity index (χ4n) is 4.54. The first-order valence-corrected chi connectivity index (χ1v) is 12.2. The summed E-state index contributed by atoms with van der Waals surface area (Å²) in [6.45, 7) is 2.51. The van der Waals surface area contributed by atoms with E-state index in [0.717, 1.165) is 6.42 Å². The molecule has 0 radical (unpaired) electrons. The van der Waals surface area contributed by atoms with Gasteiger partial charge in [-0.25, -0.2) is 9.71 Å². The minimum atomic E-state index is -3.43. The predicted molar refractivity (Wildman–Crippen MR) is 119 cm³/mol. The van der Waals surface area contributed by atoms with Crippen LogP contribution in [0.1, 0.15) is 45.1 Å². The Labute approximate surface area is 185 Å². The van der Waals surface area contributed by atoms with Gasteiger partial charge in [0.1, 0.15) is 10.7 Å². The average molecular weight is 471 g/mol. The monoisotopic (exact) mass is 470 g/mol. The summed E-state index contributed by atoms with van der Waals surface area (Å²) in [5.74, 6) is 0.357. The van der Waals surface area contributed by atoms with Crippen LogP contribution in [0.15, 0.2) is 17.1 Å². The Morgan fingerprint density at radius 3 is 2.61 bits per heavy atom. The zero-order valence-electron chi connectivity index (χ0n) is 17.5. The van der Waals surface area contributed by atoms with Crippen LogP contribution in [0.4, 0.5) is 5.95 Å². The molecule has 2 aliphatic rings. The van der Waals surface area contributed by atoms with Gasteiger partial charge in [-0.1, -0.05) is 11.6 Å². The molecule has 0 unspecified atom stereocenters. The fraction of sp³-hybridized carbons (Fsp3) is 0.632. The molecule has 3 N–H and O–H groups in total. The summed E-state index contributed by atoms with van der Waals surface area (Å²) in [5.41, 5.74) is -0.975. The summed E-state index contributed by atoms with van der Waals surface area (Å²) >= 11 is 6.18. The number of aliphatic hydroxyl groups is 1. The summed E-state index contributed by atoms with van der Waals surface area (Å²) in [7, 11) is -2.03. The molecule has 1 saturated heterocycles. The molecule has 1 aliphatic heterocycles. The van der Waals surface area contributed by atoms with E-state index >= 15 is 0 Å². The molecule has 1 aliphatic carbocycles. The van der Waals surface area contributed by atoms with Crippen molar-refractivity contribution in [3.63, 3.8) is 0 Å². The maximum Gasteiger partial charge on any atom is 0.279 e. The van der Waals surface area contributed by atoms with Crippen molar-refractivity contribution in [3.8, 4) is 0 Å². The van der Waals surface area contributed by atoms with Gasteiger partial charge < -0.3 is 10.4 Å². The van der Waals surface area contributed by atoms with Crippen LogP contribution in [-0.4, -0.2) is 64.1 Å². The molecule has 2 aromatic heterocycles. The maximum absolute atomic E-state index is 12.9. The number of pyridine rings is 1. The molecule has 0 aromatic carbocycles. The highest BCUT2D eigenvalue weighted by Crippen LogP contribution is 2.39. The summed E-state index contributed by atoms with van der Waals surface area (Å²) < 4.78 is 29.1. The zero-order valence-corrected chi connectivity index (χ0v) is 19.1. The van der Waals surface area contributed by atoms with E-state index in [0.29, 0.717) is 55.8 Å². The molecule has 12 heteroatoms. The van der Waals surface area contributed by atoms with Crippen molar-refractivity contribution in [2.24, 2.45) is 0 Å². The highest BCUT2D eigenvalue weighted by Gasteiger charge is 2.39. The molecule has 3 heterocycles. The quantitative estimate of drug-likeness (QED) is 0.599. The number of hydrogen-bond donors (Lipinski definition) is 3. The highest BCUT2D eigenvalue weighted by molar-refractivity contribution is 7.87. The van der Waals surface area contributed by atoms with Crippen molar-refractivity contribution in [1.82, 2.24) is 23.6 Å². The molecule has 0 spiro atoms. The molecule has 31 heavy (non-hydrogen) atoms. The van der Waals surface area contributed by atoms with Gasteiger partial charge >= 0.3 is 0 Å². The molecule has 1 saturated carbocycles. The number of nitrogens with one attached hydrogen (secondary N) is 2. The molecule has 10 nitrogen and oxygen atoms in total. The molecular formula is C19H27ClN6O4S. The van der Waals surface area contributed by atoms with Crippen molar-refractivity contribution < 1.29 is 13.5 Å². The third-order valence-corrected chi connectivity index (χ3v) is 8.14. The Balaban J connectivity index is 1.62. The second-order valence-electron chi connectivity index (χ2n) is 8.43. The minimum absolute atomic E-state index is 0.00261. The van der Waals surface area contributed by atoms with Crippen LogP contribution in [0.5, 0.6) is 0 Å². The van der Waals surface area contributed by atoms with Gasteiger partial charge in [-0.2, -0.15) is 17.7 Å². The van der Waals surface area contributed by atoms with Crippen LogP contribution in [0.2, 0.25) is 5.02 Å². The number of piperidine rings is 1. The number of rotatable bonds is 5. The number of fused-ring (bicyclic) bond motifs is 1. The van der Waals surface area contributed by atoms with Crippen molar-refractivity contribution >= 4 is 38.8 Å². The van der Waals surface area contributed by atoms with Crippen LogP contribution < -0.4 is 15.6 Å². The van der Waals surface area contributed by atoms with Gasteiger partial charge in [0.05, 0.1) is 11.6 Å². The molecule has 2 atom stereocenters. The number of nitrogens with zero attached hydrogens (tertiary/aromatic N) is 4. The smallest absolute Gasteiger partial charge is 0.279 e. The van der Waals surface area contributed by atoms with E-state index in [1.54, 1.807) is 19.2 Å².